The third-order valence-corrected chi connectivity index (χ3v) is 4.58. The molecule has 1 aliphatic rings. The summed E-state index contributed by atoms with van der Waals surface area (Å²) in [5, 5.41) is 13.9. The van der Waals surface area contributed by atoms with Crippen LogP contribution >= 0.6 is 23.2 Å². The molecule has 2 aromatic carbocycles. The smallest absolute Gasteiger partial charge is 0.338 e. The van der Waals surface area contributed by atoms with Crippen LogP contribution in [0.15, 0.2) is 42.0 Å². The maximum Gasteiger partial charge on any atom is 0.338 e. The van der Waals surface area contributed by atoms with Gasteiger partial charge in [-0.05, 0) is 37.3 Å². The molecule has 0 spiro atoms. The van der Waals surface area contributed by atoms with E-state index in [0.29, 0.717) is 16.3 Å². The number of fused-ring (bicyclic) bond motifs is 1. The predicted octanol–water partition coefficient (Wildman–Crippen LogP) is 4.25. The largest absolute Gasteiger partial charge is 0.488 e. The summed E-state index contributed by atoms with van der Waals surface area (Å²) < 4.78 is 10.7. The number of nitro groups is 1. The van der Waals surface area contributed by atoms with Gasteiger partial charge in [0, 0.05) is 22.7 Å². The number of amides is 1. The summed E-state index contributed by atoms with van der Waals surface area (Å²) in [5.41, 5.74) is 0.637. The highest BCUT2D eigenvalue weighted by atomic mass is 35.5. The summed E-state index contributed by atoms with van der Waals surface area (Å²) >= 11 is 11.9. The van der Waals surface area contributed by atoms with Gasteiger partial charge in [-0.2, -0.15) is 0 Å². The standard InChI is InChI=1S/C19H14Cl2N2O6/c1-10(18(24)22-16-8-14(23(26)27)3-4-15(16)21)29-19(25)12-6-11-7-13(20)2-5-17(11)28-9-12/h2-8,10H,9H2,1H3,(H,22,24). The Kier molecular flexibility index (Phi) is 6.05. The van der Waals surface area contributed by atoms with Crippen molar-refractivity contribution in [2.45, 2.75) is 13.0 Å². The molecule has 0 aliphatic carbocycles. The Morgan fingerprint density at radius 3 is 2.72 bits per heavy atom. The number of carbonyl (C=O) groups excluding carboxylic acids is 2. The number of non-ortho nitro benzene ring substituents is 1. The molecule has 1 N–H and O–H groups in total. The lowest BCUT2D eigenvalue weighted by atomic mass is 10.1. The molecule has 8 nitrogen and oxygen atoms in total. The summed E-state index contributed by atoms with van der Waals surface area (Å²) in [6, 6.07) is 8.62. The van der Waals surface area contributed by atoms with Crippen LogP contribution in [0.5, 0.6) is 5.75 Å². The van der Waals surface area contributed by atoms with E-state index in [2.05, 4.69) is 5.32 Å². The summed E-state index contributed by atoms with van der Waals surface area (Å²) in [5.74, 6) is -0.845. The number of benzene rings is 2. The highest BCUT2D eigenvalue weighted by Crippen LogP contribution is 2.30. The van der Waals surface area contributed by atoms with Gasteiger partial charge in [0.1, 0.15) is 12.4 Å². The fourth-order valence-electron chi connectivity index (χ4n) is 2.51. The van der Waals surface area contributed by atoms with Crippen LogP contribution in [-0.2, 0) is 14.3 Å². The summed E-state index contributed by atoms with van der Waals surface area (Å²) in [6.07, 6.45) is 0.397. The van der Waals surface area contributed by atoms with Crippen molar-refractivity contribution in [1.29, 1.82) is 0 Å². The average molecular weight is 437 g/mol. The van der Waals surface area contributed by atoms with Crippen molar-refractivity contribution in [3.05, 3.63) is 67.7 Å². The van der Waals surface area contributed by atoms with E-state index in [9.17, 15) is 19.7 Å². The van der Waals surface area contributed by atoms with Gasteiger partial charge in [0.15, 0.2) is 6.10 Å². The van der Waals surface area contributed by atoms with Gasteiger partial charge in [0.25, 0.3) is 11.6 Å². The molecule has 1 amide bonds. The number of esters is 1. The summed E-state index contributed by atoms with van der Waals surface area (Å²) in [6.45, 7) is 1.35. The van der Waals surface area contributed by atoms with Crippen molar-refractivity contribution in [3.63, 3.8) is 0 Å². The molecule has 1 aliphatic heterocycles. The second-order valence-electron chi connectivity index (χ2n) is 6.10. The van der Waals surface area contributed by atoms with Crippen LogP contribution in [0.25, 0.3) is 6.08 Å². The van der Waals surface area contributed by atoms with Crippen molar-refractivity contribution in [2.24, 2.45) is 0 Å². The van der Waals surface area contributed by atoms with E-state index >= 15 is 0 Å². The molecule has 1 unspecified atom stereocenters. The van der Waals surface area contributed by atoms with Crippen molar-refractivity contribution in [3.8, 4) is 5.75 Å². The van der Waals surface area contributed by atoms with E-state index in [1.807, 2.05) is 0 Å². The quantitative estimate of drug-likeness (QED) is 0.426. The number of anilines is 1. The van der Waals surface area contributed by atoms with Gasteiger partial charge in [-0.1, -0.05) is 23.2 Å². The molecular weight excluding hydrogens is 423 g/mol. The summed E-state index contributed by atoms with van der Waals surface area (Å²) in [7, 11) is 0. The van der Waals surface area contributed by atoms with Gasteiger partial charge in [0.2, 0.25) is 0 Å². The van der Waals surface area contributed by atoms with Crippen molar-refractivity contribution in [2.75, 3.05) is 11.9 Å². The lowest BCUT2D eigenvalue weighted by Gasteiger charge is -2.19. The molecule has 0 radical (unpaired) electrons. The monoisotopic (exact) mass is 436 g/mol. The van der Waals surface area contributed by atoms with Crippen molar-refractivity contribution >= 4 is 52.5 Å². The zero-order chi connectivity index (χ0) is 21.1. The highest BCUT2D eigenvalue weighted by molar-refractivity contribution is 6.33. The molecule has 0 aromatic heterocycles. The molecule has 150 valence electrons. The first-order valence-corrected chi connectivity index (χ1v) is 9.09. The number of halogens is 2. The van der Waals surface area contributed by atoms with Crippen LogP contribution < -0.4 is 10.1 Å². The van der Waals surface area contributed by atoms with Crippen molar-refractivity contribution in [1.82, 2.24) is 0 Å². The Hall–Kier alpha value is -3.10. The SMILES string of the molecule is CC(OC(=O)C1=Cc2cc(Cl)ccc2OC1)C(=O)Nc1cc([N+](=O)[O-])ccc1Cl. The first-order valence-electron chi connectivity index (χ1n) is 8.33. The molecule has 29 heavy (non-hydrogen) atoms. The zero-order valence-electron chi connectivity index (χ0n) is 15.0. The number of nitro benzene ring substituents is 1. The molecule has 0 saturated carbocycles. The maximum absolute atomic E-state index is 12.4. The maximum atomic E-state index is 12.4. The van der Waals surface area contributed by atoms with Crippen LogP contribution in [-0.4, -0.2) is 29.5 Å². The van der Waals surface area contributed by atoms with Crippen LogP contribution in [0.4, 0.5) is 11.4 Å². The second-order valence-corrected chi connectivity index (χ2v) is 6.94. The van der Waals surface area contributed by atoms with Gasteiger partial charge in [0.05, 0.1) is 21.2 Å². The molecule has 0 fully saturated rings. The van der Waals surface area contributed by atoms with Gasteiger partial charge < -0.3 is 14.8 Å². The molecule has 0 saturated heterocycles. The Morgan fingerprint density at radius 1 is 1.24 bits per heavy atom. The first kappa shape index (κ1) is 20.6. The average Bonchev–Trinajstić information content (AvgIpc) is 2.68. The highest BCUT2D eigenvalue weighted by Gasteiger charge is 2.24. The van der Waals surface area contributed by atoms with E-state index in [1.54, 1.807) is 24.3 Å². The van der Waals surface area contributed by atoms with Crippen LogP contribution in [0.1, 0.15) is 12.5 Å². The van der Waals surface area contributed by atoms with Gasteiger partial charge in [-0.15, -0.1) is 0 Å². The van der Waals surface area contributed by atoms with E-state index in [1.165, 1.54) is 19.1 Å². The van der Waals surface area contributed by atoms with Crippen LogP contribution in [0.2, 0.25) is 10.0 Å². The third-order valence-electron chi connectivity index (χ3n) is 4.02. The molecule has 10 heteroatoms. The predicted molar refractivity (Wildman–Crippen MR) is 107 cm³/mol. The molecule has 0 bridgehead atoms. The van der Waals surface area contributed by atoms with E-state index < -0.39 is 22.9 Å². The lowest BCUT2D eigenvalue weighted by Crippen LogP contribution is -2.31. The summed E-state index contributed by atoms with van der Waals surface area (Å²) in [4.78, 5) is 34.9. The Balaban J connectivity index is 1.68. The second kappa shape index (κ2) is 8.50. The van der Waals surface area contributed by atoms with E-state index in [0.717, 1.165) is 6.07 Å². The molecule has 3 rings (SSSR count). The molecule has 2 aromatic rings. The van der Waals surface area contributed by atoms with Gasteiger partial charge in [-0.3, -0.25) is 14.9 Å². The molecule has 1 heterocycles. The molecule has 1 atom stereocenters. The minimum atomic E-state index is -1.18. The van der Waals surface area contributed by atoms with Crippen molar-refractivity contribution < 1.29 is 24.0 Å². The zero-order valence-corrected chi connectivity index (χ0v) is 16.5. The minimum Gasteiger partial charge on any atom is -0.488 e. The number of ether oxygens (including phenoxy) is 2. The molecular formula is C19H14Cl2N2O6. The Bertz CT molecular complexity index is 1040. The fourth-order valence-corrected chi connectivity index (χ4v) is 2.86. The number of hydrogen-bond acceptors (Lipinski definition) is 6. The Morgan fingerprint density at radius 2 is 2.00 bits per heavy atom. The number of hydrogen-bond donors (Lipinski definition) is 1. The minimum absolute atomic E-state index is 0.0154. The normalized spacial score (nSPS) is 13.4. The topological polar surface area (TPSA) is 108 Å². The van der Waals surface area contributed by atoms with E-state index in [-0.39, 0.29) is 28.6 Å². The van der Waals surface area contributed by atoms with Crippen LogP contribution in [0.3, 0.4) is 0 Å². The van der Waals surface area contributed by atoms with E-state index in [4.69, 9.17) is 32.7 Å². The number of rotatable bonds is 5. The van der Waals surface area contributed by atoms with Crippen LogP contribution in [0, 0.1) is 10.1 Å². The Labute approximate surface area is 175 Å². The number of carbonyl (C=O) groups is 2. The number of nitrogens with one attached hydrogen (secondary N) is 1. The first-order chi connectivity index (χ1) is 13.7. The number of nitrogens with zero attached hydrogens (tertiary/aromatic N) is 1. The van der Waals surface area contributed by atoms with Gasteiger partial charge in [-0.25, -0.2) is 4.79 Å². The lowest BCUT2D eigenvalue weighted by molar-refractivity contribution is -0.384. The van der Waals surface area contributed by atoms with Gasteiger partial charge >= 0.3 is 5.97 Å². The third kappa shape index (κ3) is 4.85. The fraction of sp³-hybridized carbons (Fsp3) is 0.158.